The molecule has 3 N–H and O–H groups in total. The first-order valence-electron chi connectivity index (χ1n) is 7.28. The van der Waals surface area contributed by atoms with Gasteiger partial charge in [-0.25, -0.2) is 0 Å². The van der Waals surface area contributed by atoms with Crippen molar-refractivity contribution in [3.05, 3.63) is 21.9 Å². The van der Waals surface area contributed by atoms with Crippen LogP contribution in [0.15, 0.2) is 12.1 Å². The minimum absolute atomic E-state index is 0.00156. The Labute approximate surface area is 129 Å². The van der Waals surface area contributed by atoms with Crippen LogP contribution in [0.2, 0.25) is 0 Å². The summed E-state index contributed by atoms with van der Waals surface area (Å²) >= 11 is 1.36. The van der Waals surface area contributed by atoms with Crippen molar-refractivity contribution in [1.82, 2.24) is 10.9 Å². The van der Waals surface area contributed by atoms with E-state index in [9.17, 15) is 14.7 Å². The molecule has 0 bridgehead atoms. The number of thiophene rings is 1. The first-order valence-corrected chi connectivity index (χ1v) is 8.10. The molecule has 118 valence electrons. The Morgan fingerprint density at radius 3 is 2.29 bits per heavy atom. The molecule has 1 aromatic rings. The van der Waals surface area contributed by atoms with E-state index < -0.39 is 5.60 Å². The highest BCUT2D eigenvalue weighted by atomic mass is 32.1. The first-order chi connectivity index (χ1) is 9.90. The predicted octanol–water partition coefficient (Wildman–Crippen LogP) is 2.54. The molecule has 0 aliphatic rings. The molecular formula is C15H24N2O3S. The van der Waals surface area contributed by atoms with E-state index in [2.05, 4.69) is 10.9 Å². The zero-order valence-electron chi connectivity index (χ0n) is 12.9. The molecule has 0 radical (unpaired) electrons. The summed E-state index contributed by atoms with van der Waals surface area (Å²) < 4.78 is 0. The number of amides is 2. The van der Waals surface area contributed by atoms with Crippen molar-refractivity contribution in [1.29, 1.82) is 0 Å². The summed E-state index contributed by atoms with van der Waals surface area (Å²) in [5.74, 6) is -0.711. The van der Waals surface area contributed by atoms with Gasteiger partial charge in [-0.1, -0.05) is 26.7 Å². The van der Waals surface area contributed by atoms with Crippen molar-refractivity contribution in [3.8, 4) is 0 Å². The van der Waals surface area contributed by atoms with Crippen LogP contribution >= 0.6 is 11.3 Å². The predicted molar refractivity (Wildman–Crippen MR) is 84.0 cm³/mol. The van der Waals surface area contributed by atoms with Crippen LogP contribution in [0.1, 0.15) is 60.5 Å². The van der Waals surface area contributed by atoms with E-state index in [0.29, 0.717) is 17.7 Å². The van der Waals surface area contributed by atoms with Gasteiger partial charge in [0.05, 0.1) is 16.9 Å². The van der Waals surface area contributed by atoms with E-state index in [1.54, 1.807) is 6.07 Å². The quantitative estimate of drug-likeness (QED) is 0.677. The molecule has 2 amide bonds. The van der Waals surface area contributed by atoms with E-state index >= 15 is 0 Å². The van der Waals surface area contributed by atoms with E-state index in [4.69, 9.17) is 0 Å². The molecule has 0 aromatic carbocycles. The van der Waals surface area contributed by atoms with Gasteiger partial charge in [0.15, 0.2) is 0 Å². The standard InChI is InChI=1S/C15H24N2O3S/c1-4-8-15(20,9-5-2)10-13(18)16-17-14(19)12-7-6-11(3)21-12/h6-7,20H,4-5,8-10H2,1-3H3,(H,16,18)(H,17,19). The highest BCUT2D eigenvalue weighted by Crippen LogP contribution is 2.23. The van der Waals surface area contributed by atoms with Crippen LogP contribution in [0, 0.1) is 6.92 Å². The second kappa shape index (κ2) is 8.14. The fourth-order valence-corrected chi connectivity index (χ4v) is 3.08. The monoisotopic (exact) mass is 312 g/mol. The fraction of sp³-hybridized carbons (Fsp3) is 0.600. The molecule has 0 saturated heterocycles. The Bertz CT molecular complexity index is 479. The summed E-state index contributed by atoms with van der Waals surface area (Å²) in [5.41, 5.74) is 3.76. The third-order valence-electron chi connectivity index (χ3n) is 3.20. The molecule has 21 heavy (non-hydrogen) atoms. The number of aryl methyl sites for hydroxylation is 1. The molecule has 0 aliphatic carbocycles. The molecule has 0 fully saturated rings. The second-order valence-corrected chi connectivity index (χ2v) is 6.60. The molecular weight excluding hydrogens is 288 g/mol. The minimum atomic E-state index is -0.988. The summed E-state index contributed by atoms with van der Waals surface area (Å²) in [6.07, 6.45) is 2.77. The molecule has 1 rings (SSSR count). The SMILES string of the molecule is CCCC(O)(CCC)CC(=O)NNC(=O)c1ccc(C)s1. The molecule has 0 aliphatic heterocycles. The Kier molecular flexibility index (Phi) is 6.84. The Hall–Kier alpha value is -1.40. The van der Waals surface area contributed by atoms with E-state index in [1.165, 1.54) is 11.3 Å². The lowest BCUT2D eigenvalue weighted by Gasteiger charge is -2.26. The molecule has 0 unspecified atom stereocenters. The molecule has 6 heteroatoms. The molecule has 0 atom stereocenters. The van der Waals surface area contributed by atoms with Gasteiger partial charge >= 0.3 is 0 Å². The number of hydrazine groups is 1. The van der Waals surface area contributed by atoms with Crippen LogP contribution in [0.4, 0.5) is 0 Å². The van der Waals surface area contributed by atoms with E-state index in [1.807, 2.05) is 26.8 Å². The summed E-state index contributed by atoms with van der Waals surface area (Å²) in [4.78, 5) is 25.2. The largest absolute Gasteiger partial charge is 0.389 e. The van der Waals surface area contributed by atoms with Crippen molar-refractivity contribution in [2.24, 2.45) is 0 Å². The molecule has 0 spiro atoms. The number of nitrogens with one attached hydrogen (secondary N) is 2. The highest BCUT2D eigenvalue weighted by molar-refractivity contribution is 7.13. The van der Waals surface area contributed by atoms with Crippen molar-refractivity contribution < 1.29 is 14.7 Å². The normalized spacial score (nSPS) is 11.2. The van der Waals surface area contributed by atoms with Gasteiger partial charge in [0.25, 0.3) is 5.91 Å². The zero-order chi connectivity index (χ0) is 15.9. The van der Waals surface area contributed by atoms with Gasteiger partial charge in [-0.15, -0.1) is 11.3 Å². The van der Waals surface area contributed by atoms with Crippen LogP contribution in [0.3, 0.4) is 0 Å². The maximum absolute atomic E-state index is 11.9. The van der Waals surface area contributed by atoms with Crippen LogP contribution in [-0.2, 0) is 4.79 Å². The number of carbonyl (C=O) groups is 2. The van der Waals surface area contributed by atoms with Crippen LogP contribution in [-0.4, -0.2) is 22.5 Å². The smallest absolute Gasteiger partial charge is 0.279 e. The molecule has 1 heterocycles. The topological polar surface area (TPSA) is 78.4 Å². The number of carbonyl (C=O) groups excluding carboxylic acids is 2. The van der Waals surface area contributed by atoms with Gasteiger partial charge in [-0.05, 0) is 31.9 Å². The Morgan fingerprint density at radius 2 is 1.81 bits per heavy atom. The van der Waals surface area contributed by atoms with Gasteiger partial charge < -0.3 is 5.11 Å². The molecule has 0 saturated carbocycles. The first kappa shape index (κ1) is 17.7. The number of hydrogen-bond acceptors (Lipinski definition) is 4. The third-order valence-corrected chi connectivity index (χ3v) is 4.20. The van der Waals surface area contributed by atoms with Crippen molar-refractivity contribution in [2.45, 2.75) is 58.5 Å². The van der Waals surface area contributed by atoms with Crippen LogP contribution in [0.5, 0.6) is 0 Å². The zero-order valence-corrected chi connectivity index (χ0v) is 13.7. The highest BCUT2D eigenvalue weighted by Gasteiger charge is 2.28. The lowest BCUT2D eigenvalue weighted by Crippen LogP contribution is -2.45. The number of hydrogen-bond donors (Lipinski definition) is 3. The lowest BCUT2D eigenvalue weighted by atomic mass is 9.89. The summed E-state index contributed by atoms with van der Waals surface area (Å²) in [6, 6.07) is 3.56. The maximum atomic E-state index is 11.9. The average molecular weight is 312 g/mol. The average Bonchev–Trinajstić information content (AvgIpc) is 2.83. The van der Waals surface area contributed by atoms with E-state index in [-0.39, 0.29) is 18.2 Å². The van der Waals surface area contributed by atoms with Gasteiger partial charge in [-0.3, -0.25) is 20.4 Å². The van der Waals surface area contributed by atoms with Gasteiger partial charge in [0.1, 0.15) is 0 Å². The summed E-state index contributed by atoms with van der Waals surface area (Å²) in [7, 11) is 0. The maximum Gasteiger partial charge on any atom is 0.279 e. The van der Waals surface area contributed by atoms with Crippen molar-refractivity contribution in [2.75, 3.05) is 0 Å². The minimum Gasteiger partial charge on any atom is -0.389 e. The fourth-order valence-electron chi connectivity index (χ4n) is 2.32. The van der Waals surface area contributed by atoms with Crippen LogP contribution < -0.4 is 10.9 Å². The lowest BCUT2D eigenvalue weighted by molar-refractivity contribution is -0.127. The third kappa shape index (κ3) is 5.85. The van der Waals surface area contributed by atoms with Crippen molar-refractivity contribution in [3.63, 3.8) is 0 Å². The summed E-state index contributed by atoms with van der Waals surface area (Å²) in [5, 5.41) is 10.4. The Morgan fingerprint density at radius 1 is 1.19 bits per heavy atom. The molecule has 1 aromatic heterocycles. The Balaban J connectivity index is 2.47. The summed E-state index contributed by atoms with van der Waals surface area (Å²) in [6.45, 7) is 5.86. The van der Waals surface area contributed by atoms with Gasteiger partial charge in [-0.2, -0.15) is 0 Å². The van der Waals surface area contributed by atoms with Crippen molar-refractivity contribution >= 4 is 23.2 Å². The van der Waals surface area contributed by atoms with Gasteiger partial charge in [0.2, 0.25) is 5.91 Å². The number of aliphatic hydroxyl groups is 1. The van der Waals surface area contributed by atoms with Gasteiger partial charge in [0, 0.05) is 4.88 Å². The second-order valence-electron chi connectivity index (χ2n) is 5.31. The van der Waals surface area contributed by atoms with Crippen LogP contribution in [0.25, 0.3) is 0 Å². The molecule has 5 nitrogen and oxygen atoms in total. The number of rotatable bonds is 7. The van der Waals surface area contributed by atoms with E-state index in [0.717, 1.165) is 17.7 Å².